The molecule has 1 saturated heterocycles. The lowest BCUT2D eigenvalue weighted by molar-refractivity contribution is -0.384. The Bertz CT molecular complexity index is 493. The summed E-state index contributed by atoms with van der Waals surface area (Å²) in [7, 11) is 0. The molecule has 110 valence electrons. The lowest BCUT2D eigenvalue weighted by Crippen LogP contribution is -2.42. The lowest BCUT2D eigenvalue weighted by atomic mass is 10.2. The number of anilines is 1. The van der Waals surface area contributed by atoms with Crippen LogP contribution >= 0.6 is 0 Å². The maximum atomic E-state index is 12.7. The summed E-state index contributed by atoms with van der Waals surface area (Å²) in [5.41, 5.74) is 0.278. The van der Waals surface area contributed by atoms with Crippen LogP contribution in [0.15, 0.2) is 24.3 Å². The van der Waals surface area contributed by atoms with Crippen molar-refractivity contribution in [1.82, 2.24) is 5.32 Å². The predicted octanol–water partition coefficient (Wildman–Crippen LogP) is 2.33. The highest BCUT2D eigenvalue weighted by molar-refractivity contribution is 5.63. The molecule has 0 spiro atoms. The van der Waals surface area contributed by atoms with Gasteiger partial charge in [-0.1, -0.05) is 12.1 Å². The Labute approximate surface area is 113 Å². The van der Waals surface area contributed by atoms with E-state index in [1.54, 1.807) is 17.0 Å². The van der Waals surface area contributed by atoms with E-state index < -0.39 is 17.1 Å². The summed E-state index contributed by atoms with van der Waals surface area (Å²) in [4.78, 5) is 12.1. The van der Waals surface area contributed by atoms with Crippen LogP contribution in [-0.4, -0.2) is 36.8 Å². The van der Waals surface area contributed by atoms with Gasteiger partial charge in [-0.3, -0.25) is 10.1 Å². The fraction of sp³-hybridized carbons (Fsp3) is 0.500. The number of halogens is 3. The van der Waals surface area contributed by atoms with Gasteiger partial charge in [0.05, 0.1) is 4.92 Å². The first-order valence-electron chi connectivity index (χ1n) is 6.18. The van der Waals surface area contributed by atoms with Crippen LogP contribution in [0.3, 0.4) is 0 Å². The summed E-state index contributed by atoms with van der Waals surface area (Å²) in [6, 6.07) is 4.54. The average molecular weight is 289 g/mol. The molecule has 1 aromatic carbocycles. The maximum Gasteiger partial charge on any atom is 0.403 e. The van der Waals surface area contributed by atoms with Gasteiger partial charge < -0.3 is 10.2 Å². The van der Waals surface area contributed by atoms with Crippen LogP contribution in [0.1, 0.15) is 6.42 Å². The summed E-state index contributed by atoms with van der Waals surface area (Å²) < 4.78 is 38.0. The first kappa shape index (κ1) is 14.6. The largest absolute Gasteiger partial charge is 0.403 e. The Balaban J connectivity index is 2.17. The van der Waals surface area contributed by atoms with E-state index in [1.165, 1.54) is 12.1 Å². The minimum atomic E-state index is -4.29. The second kappa shape index (κ2) is 5.66. The molecule has 0 saturated carbocycles. The van der Waals surface area contributed by atoms with Crippen molar-refractivity contribution in [1.29, 1.82) is 0 Å². The molecule has 1 aromatic rings. The molecule has 1 aliphatic rings. The van der Waals surface area contributed by atoms with Gasteiger partial charge in [0, 0.05) is 25.7 Å². The number of nitro groups is 1. The van der Waals surface area contributed by atoms with Crippen LogP contribution in [-0.2, 0) is 0 Å². The van der Waals surface area contributed by atoms with Crippen LogP contribution in [0.2, 0.25) is 0 Å². The van der Waals surface area contributed by atoms with Crippen molar-refractivity contribution < 1.29 is 18.1 Å². The topological polar surface area (TPSA) is 58.4 Å². The Hall–Kier alpha value is -1.83. The Morgan fingerprint density at radius 1 is 1.30 bits per heavy atom. The van der Waals surface area contributed by atoms with Crippen LogP contribution in [0.4, 0.5) is 24.5 Å². The molecule has 1 aliphatic heterocycles. The highest BCUT2D eigenvalue weighted by Crippen LogP contribution is 2.30. The Morgan fingerprint density at radius 2 is 2.00 bits per heavy atom. The van der Waals surface area contributed by atoms with Crippen LogP contribution in [0, 0.1) is 10.1 Å². The van der Waals surface area contributed by atoms with E-state index in [0.29, 0.717) is 12.2 Å². The van der Waals surface area contributed by atoms with Gasteiger partial charge in [-0.2, -0.15) is 13.2 Å². The third-order valence-electron chi connectivity index (χ3n) is 3.27. The standard InChI is InChI=1S/C12H14F3N3O2/c13-12(14,15)11-5-7-17(8-6-16-11)9-3-1-2-4-10(9)18(19)20/h1-4,11,16H,5-8H2/t11-/m1/s1. The highest BCUT2D eigenvalue weighted by Gasteiger charge is 2.40. The minimum Gasteiger partial charge on any atom is -0.365 e. The number of nitro benzene ring substituents is 1. The van der Waals surface area contributed by atoms with E-state index in [2.05, 4.69) is 5.32 Å². The summed E-state index contributed by atoms with van der Waals surface area (Å²) in [5.74, 6) is 0. The molecule has 0 radical (unpaired) electrons. The lowest BCUT2D eigenvalue weighted by Gasteiger charge is -2.22. The molecule has 1 N–H and O–H groups in total. The van der Waals surface area contributed by atoms with Crippen molar-refractivity contribution in [2.75, 3.05) is 24.5 Å². The van der Waals surface area contributed by atoms with Crippen LogP contribution in [0.5, 0.6) is 0 Å². The van der Waals surface area contributed by atoms with Crippen molar-refractivity contribution in [3.8, 4) is 0 Å². The average Bonchev–Trinajstić information content (AvgIpc) is 2.63. The first-order valence-corrected chi connectivity index (χ1v) is 6.18. The van der Waals surface area contributed by atoms with E-state index in [0.717, 1.165) is 0 Å². The molecule has 20 heavy (non-hydrogen) atoms. The van der Waals surface area contributed by atoms with Crippen LogP contribution in [0.25, 0.3) is 0 Å². The summed E-state index contributed by atoms with van der Waals surface area (Å²) >= 11 is 0. The number of alkyl halides is 3. The van der Waals surface area contributed by atoms with E-state index >= 15 is 0 Å². The molecule has 1 atom stereocenters. The fourth-order valence-electron chi connectivity index (χ4n) is 2.28. The van der Waals surface area contributed by atoms with Gasteiger partial charge >= 0.3 is 6.18 Å². The smallest absolute Gasteiger partial charge is 0.365 e. The van der Waals surface area contributed by atoms with E-state index in [-0.39, 0.29) is 25.2 Å². The van der Waals surface area contributed by atoms with E-state index in [9.17, 15) is 23.3 Å². The molecule has 1 heterocycles. The quantitative estimate of drug-likeness (QED) is 0.670. The molecular formula is C12H14F3N3O2. The molecule has 2 rings (SSSR count). The van der Waals surface area contributed by atoms with Crippen molar-refractivity contribution in [3.63, 3.8) is 0 Å². The Morgan fingerprint density at radius 3 is 2.65 bits per heavy atom. The van der Waals surface area contributed by atoms with Gasteiger partial charge in [-0.05, 0) is 12.5 Å². The van der Waals surface area contributed by atoms with Crippen molar-refractivity contribution in [3.05, 3.63) is 34.4 Å². The number of nitrogens with one attached hydrogen (secondary N) is 1. The van der Waals surface area contributed by atoms with Crippen molar-refractivity contribution in [2.24, 2.45) is 0 Å². The summed E-state index contributed by atoms with van der Waals surface area (Å²) in [6.07, 6.45) is -4.42. The molecule has 8 heteroatoms. The zero-order valence-corrected chi connectivity index (χ0v) is 10.6. The van der Waals surface area contributed by atoms with Gasteiger partial charge in [0.1, 0.15) is 11.7 Å². The third kappa shape index (κ3) is 3.19. The van der Waals surface area contributed by atoms with Crippen molar-refractivity contribution >= 4 is 11.4 Å². The van der Waals surface area contributed by atoms with Gasteiger partial charge in [-0.25, -0.2) is 0 Å². The SMILES string of the molecule is O=[N+]([O-])c1ccccc1N1CCN[C@@H](C(F)(F)F)CC1. The van der Waals surface area contributed by atoms with Gasteiger partial charge in [0.25, 0.3) is 5.69 Å². The zero-order valence-electron chi connectivity index (χ0n) is 10.6. The van der Waals surface area contributed by atoms with Crippen LogP contribution < -0.4 is 10.2 Å². The number of rotatable bonds is 2. The molecular weight excluding hydrogens is 275 g/mol. The summed E-state index contributed by atoms with van der Waals surface area (Å²) in [6.45, 7) is 0.565. The normalized spacial score (nSPS) is 20.6. The van der Waals surface area contributed by atoms with Gasteiger partial charge in [0.2, 0.25) is 0 Å². The van der Waals surface area contributed by atoms with E-state index in [4.69, 9.17) is 0 Å². The molecule has 0 aliphatic carbocycles. The first-order chi connectivity index (χ1) is 9.39. The highest BCUT2D eigenvalue weighted by atomic mass is 19.4. The predicted molar refractivity (Wildman–Crippen MR) is 67.8 cm³/mol. The molecule has 0 amide bonds. The molecule has 0 unspecified atom stereocenters. The maximum absolute atomic E-state index is 12.7. The van der Waals surface area contributed by atoms with E-state index in [1.807, 2.05) is 0 Å². The van der Waals surface area contributed by atoms with Gasteiger partial charge in [0.15, 0.2) is 0 Å². The summed E-state index contributed by atoms with van der Waals surface area (Å²) in [5, 5.41) is 13.4. The number of nitrogens with zero attached hydrogens (tertiary/aromatic N) is 2. The fourth-order valence-corrected chi connectivity index (χ4v) is 2.28. The number of para-hydroxylation sites is 2. The molecule has 1 fully saturated rings. The number of benzene rings is 1. The monoisotopic (exact) mass is 289 g/mol. The zero-order chi connectivity index (χ0) is 14.8. The Kier molecular flexibility index (Phi) is 4.12. The number of hydrogen-bond donors (Lipinski definition) is 1. The molecule has 0 bridgehead atoms. The molecule has 5 nitrogen and oxygen atoms in total. The third-order valence-corrected chi connectivity index (χ3v) is 3.27. The second-order valence-electron chi connectivity index (χ2n) is 4.57. The second-order valence-corrected chi connectivity index (χ2v) is 4.57. The van der Waals surface area contributed by atoms with Crippen molar-refractivity contribution in [2.45, 2.75) is 18.6 Å². The number of hydrogen-bond acceptors (Lipinski definition) is 4. The minimum absolute atomic E-state index is 0.0852. The van der Waals surface area contributed by atoms with Gasteiger partial charge in [-0.15, -0.1) is 0 Å². The molecule has 0 aromatic heterocycles.